The quantitative estimate of drug-likeness (QED) is 0.858. The average Bonchev–Trinajstić information content (AvgIpc) is 2.76. The van der Waals surface area contributed by atoms with Crippen molar-refractivity contribution in [1.82, 2.24) is 0 Å². The molecule has 0 amide bonds. The number of benzene rings is 2. The first-order valence-corrected chi connectivity index (χ1v) is 6.51. The molecule has 0 atom stereocenters. The van der Waals surface area contributed by atoms with Gasteiger partial charge in [-0.05, 0) is 30.7 Å². The van der Waals surface area contributed by atoms with Crippen molar-refractivity contribution in [3.05, 3.63) is 58.8 Å². The van der Waals surface area contributed by atoms with Crippen LogP contribution in [0.5, 0.6) is 17.2 Å². The van der Waals surface area contributed by atoms with Gasteiger partial charge in [0.25, 0.3) is 0 Å². The number of Topliss-reactive ketones (excluding diaryl/α,β-unsaturated/α-hetero) is 1. The summed E-state index contributed by atoms with van der Waals surface area (Å²) < 4.78 is 10.8. The fraction of sp³-hybridized carbons (Fsp3) is 0.118. The lowest BCUT2D eigenvalue weighted by Crippen LogP contribution is -2.00. The van der Waals surface area contributed by atoms with E-state index in [9.17, 15) is 9.90 Å². The third-order valence-corrected chi connectivity index (χ3v) is 3.38. The highest BCUT2D eigenvalue weighted by Crippen LogP contribution is 2.37. The topological polar surface area (TPSA) is 55.8 Å². The number of hydrogen-bond acceptors (Lipinski definition) is 4. The predicted molar refractivity (Wildman–Crippen MR) is 78.8 cm³/mol. The van der Waals surface area contributed by atoms with Gasteiger partial charge in [-0.25, -0.2) is 0 Å². The lowest BCUT2D eigenvalue weighted by molar-refractivity contribution is 0.101. The number of rotatable bonds is 2. The molecule has 1 aliphatic heterocycles. The van der Waals surface area contributed by atoms with Crippen LogP contribution in [0.3, 0.4) is 0 Å². The van der Waals surface area contributed by atoms with Gasteiger partial charge in [0.15, 0.2) is 5.76 Å². The highest BCUT2D eigenvalue weighted by Gasteiger charge is 2.29. The standard InChI is InChI=1S/C17H14O4/c1-10-7-12(18)9-14-16(10)17(19)15(21-14)8-11-5-3-4-6-13(11)20-2/h3-9,18H,1-2H3/b15-8-. The summed E-state index contributed by atoms with van der Waals surface area (Å²) in [4.78, 5) is 12.4. The first-order chi connectivity index (χ1) is 10.1. The van der Waals surface area contributed by atoms with E-state index in [-0.39, 0.29) is 17.3 Å². The fourth-order valence-corrected chi connectivity index (χ4v) is 2.42. The van der Waals surface area contributed by atoms with Crippen molar-refractivity contribution < 1.29 is 19.4 Å². The minimum absolute atomic E-state index is 0.0811. The zero-order chi connectivity index (χ0) is 15.0. The number of phenols is 1. The maximum absolute atomic E-state index is 12.4. The van der Waals surface area contributed by atoms with E-state index in [1.54, 1.807) is 26.2 Å². The summed E-state index contributed by atoms with van der Waals surface area (Å²) in [6.07, 6.45) is 1.65. The zero-order valence-corrected chi connectivity index (χ0v) is 11.7. The number of para-hydroxylation sites is 1. The number of allylic oxidation sites excluding steroid dienone is 1. The van der Waals surface area contributed by atoms with Gasteiger partial charge in [-0.1, -0.05) is 18.2 Å². The van der Waals surface area contributed by atoms with E-state index < -0.39 is 0 Å². The van der Waals surface area contributed by atoms with Crippen molar-refractivity contribution in [3.63, 3.8) is 0 Å². The summed E-state index contributed by atoms with van der Waals surface area (Å²) in [5.41, 5.74) is 1.95. The van der Waals surface area contributed by atoms with E-state index in [2.05, 4.69) is 0 Å². The largest absolute Gasteiger partial charge is 0.508 e. The number of aryl methyl sites for hydroxylation is 1. The number of methoxy groups -OCH3 is 1. The Hall–Kier alpha value is -2.75. The molecule has 4 nitrogen and oxygen atoms in total. The molecule has 1 aliphatic rings. The second-order valence-electron chi connectivity index (χ2n) is 4.82. The summed E-state index contributed by atoms with van der Waals surface area (Å²) in [6.45, 7) is 1.77. The Morgan fingerprint density at radius 3 is 2.76 bits per heavy atom. The fourth-order valence-electron chi connectivity index (χ4n) is 2.42. The number of fused-ring (bicyclic) bond motifs is 1. The van der Waals surface area contributed by atoms with Crippen LogP contribution in [0.2, 0.25) is 0 Å². The van der Waals surface area contributed by atoms with E-state index in [1.807, 2.05) is 24.3 Å². The van der Waals surface area contributed by atoms with Crippen molar-refractivity contribution in [2.45, 2.75) is 6.92 Å². The Bertz CT molecular complexity index is 759. The number of ether oxygens (including phenoxy) is 2. The second-order valence-corrected chi connectivity index (χ2v) is 4.82. The van der Waals surface area contributed by atoms with Gasteiger partial charge in [0.1, 0.15) is 17.2 Å². The summed E-state index contributed by atoms with van der Waals surface area (Å²) in [7, 11) is 1.58. The summed E-state index contributed by atoms with van der Waals surface area (Å²) in [5, 5.41) is 9.59. The maximum Gasteiger partial charge on any atom is 0.232 e. The molecular formula is C17H14O4. The molecule has 0 unspecified atom stereocenters. The molecule has 0 saturated carbocycles. The van der Waals surface area contributed by atoms with Crippen molar-refractivity contribution in [1.29, 1.82) is 0 Å². The van der Waals surface area contributed by atoms with Crippen LogP contribution in [-0.4, -0.2) is 18.0 Å². The number of hydrogen-bond donors (Lipinski definition) is 1. The molecule has 1 N–H and O–H groups in total. The Morgan fingerprint density at radius 1 is 1.24 bits per heavy atom. The normalized spacial score (nSPS) is 15.0. The monoisotopic (exact) mass is 282 g/mol. The second kappa shape index (κ2) is 4.98. The molecule has 106 valence electrons. The predicted octanol–water partition coefficient (Wildman–Crippen LogP) is 3.33. The molecule has 1 heterocycles. The molecule has 0 spiro atoms. The van der Waals surface area contributed by atoms with Crippen LogP contribution >= 0.6 is 0 Å². The van der Waals surface area contributed by atoms with Gasteiger partial charge in [-0.3, -0.25) is 4.79 Å². The molecular weight excluding hydrogens is 268 g/mol. The zero-order valence-electron chi connectivity index (χ0n) is 11.7. The van der Waals surface area contributed by atoms with Crippen LogP contribution in [0, 0.1) is 6.92 Å². The Morgan fingerprint density at radius 2 is 2.00 bits per heavy atom. The van der Waals surface area contributed by atoms with E-state index in [1.165, 1.54) is 6.07 Å². The summed E-state index contributed by atoms with van der Waals surface area (Å²) in [5.74, 6) is 1.17. The highest BCUT2D eigenvalue weighted by molar-refractivity contribution is 6.15. The van der Waals surface area contributed by atoms with Crippen molar-refractivity contribution in [2.24, 2.45) is 0 Å². The van der Waals surface area contributed by atoms with E-state index in [4.69, 9.17) is 9.47 Å². The number of carbonyl (C=O) groups excluding carboxylic acids is 1. The van der Waals surface area contributed by atoms with Crippen molar-refractivity contribution >= 4 is 11.9 Å². The van der Waals surface area contributed by atoms with E-state index >= 15 is 0 Å². The molecule has 0 radical (unpaired) electrons. The molecule has 4 heteroatoms. The van der Waals surface area contributed by atoms with Crippen LogP contribution in [0.15, 0.2) is 42.2 Å². The van der Waals surface area contributed by atoms with Crippen molar-refractivity contribution in [3.8, 4) is 17.2 Å². The van der Waals surface area contributed by atoms with Gasteiger partial charge in [0.05, 0.1) is 12.7 Å². The van der Waals surface area contributed by atoms with Crippen LogP contribution in [0.1, 0.15) is 21.5 Å². The first kappa shape index (κ1) is 13.2. The van der Waals surface area contributed by atoms with Gasteiger partial charge in [-0.15, -0.1) is 0 Å². The summed E-state index contributed by atoms with van der Waals surface area (Å²) >= 11 is 0. The van der Waals surface area contributed by atoms with Crippen LogP contribution in [-0.2, 0) is 0 Å². The molecule has 0 aromatic heterocycles. The molecule has 0 fully saturated rings. The van der Waals surface area contributed by atoms with Gasteiger partial charge in [0, 0.05) is 11.6 Å². The minimum atomic E-state index is -0.187. The molecule has 2 aromatic carbocycles. The van der Waals surface area contributed by atoms with Gasteiger partial charge in [0.2, 0.25) is 5.78 Å². The van der Waals surface area contributed by atoms with Gasteiger partial charge >= 0.3 is 0 Å². The van der Waals surface area contributed by atoms with Crippen molar-refractivity contribution in [2.75, 3.05) is 7.11 Å². The minimum Gasteiger partial charge on any atom is -0.508 e. The molecule has 2 aromatic rings. The van der Waals surface area contributed by atoms with Crippen LogP contribution < -0.4 is 9.47 Å². The molecule has 0 aliphatic carbocycles. The smallest absolute Gasteiger partial charge is 0.232 e. The third kappa shape index (κ3) is 2.25. The third-order valence-electron chi connectivity index (χ3n) is 3.38. The Balaban J connectivity index is 2.05. The van der Waals surface area contributed by atoms with Gasteiger partial charge < -0.3 is 14.6 Å². The molecule has 0 saturated heterocycles. The Labute approximate surface area is 122 Å². The SMILES string of the molecule is COc1ccccc1/C=C1\Oc2cc(O)cc(C)c2C1=O. The number of ketones is 1. The number of aromatic hydroxyl groups is 1. The van der Waals surface area contributed by atoms with Gasteiger partial charge in [-0.2, -0.15) is 0 Å². The lowest BCUT2D eigenvalue weighted by atomic mass is 10.0. The number of carbonyl (C=O) groups is 1. The summed E-state index contributed by atoms with van der Waals surface area (Å²) in [6, 6.07) is 10.4. The highest BCUT2D eigenvalue weighted by atomic mass is 16.5. The molecule has 0 bridgehead atoms. The number of phenolic OH excluding ortho intramolecular Hbond substituents is 1. The van der Waals surface area contributed by atoms with Crippen LogP contribution in [0.4, 0.5) is 0 Å². The lowest BCUT2D eigenvalue weighted by Gasteiger charge is -2.04. The van der Waals surface area contributed by atoms with E-state index in [0.717, 1.165) is 5.56 Å². The van der Waals surface area contributed by atoms with E-state index in [0.29, 0.717) is 22.6 Å². The first-order valence-electron chi connectivity index (χ1n) is 6.51. The average molecular weight is 282 g/mol. The maximum atomic E-state index is 12.4. The molecule has 3 rings (SSSR count). The molecule has 21 heavy (non-hydrogen) atoms. The Kier molecular flexibility index (Phi) is 3.14. The van der Waals surface area contributed by atoms with Crippen LogP contribution in [0.25, 0.3) is 6.08 Å².